The number of aryl methyl sites for hydroxylation is 2. The molecule has 130 valence electrons. The molecule has 1 aromatic heterocycles. The monoisotopic (exact) mass is 337 g/mol. The number of carbonyl (C=O) groups is 1. The number of hydrogen-bond donors (Lipinski definition) is 1. The summed E-state index contributed by atoms with van der Waals surface area (Å²) in [5.74, 6) is 0.570. The molecule has 0 bridgehead atoms. The van der Waals surface area contributed by atoms with Crippen LogP contribution in [0.15, 0.2) is 48.7 Å². The van der Waals surface area contributed by atoms with Crippen molar-refractivity contribution < 1.29 is 14.3 Å². The molecule has 0 unspecified atom stereocenters. The van der Waals surface area contributed by atoms with Crippen molar-refractivity contribution in [3.8, 4) is 5.75 Å². The zero-order valence-electron chi connectivity index (χ0n) is 14.7. The predicted octanol–water partition coefficient (Wildman–Crippen LogP) is 4.55. The van der Waals surface area contributed by atoms with Crippen LogP contribution < -0.4 is 4.74 Å². The average Bonchev–Trinajstić information content (AvgIpc) is 3.03. The molecule has 0 spiro atoms. The number of fused-ring (bicyclic) bond motifs is 1. The number of rotatable bonds is 7. The lowest BCUT2D eigenvalue weighted by molar-refractivity contribution is -0.145. The van der Waals surface area contributed by atoms with Crippen molar-refractivity contribution in [3.05, 3.63) is 65.4 Å². The summed E-state index contributed by atoms with van der Waals surface area (Å²) in [6.07, 6.45) is 4.06. The van der Waals surface area contributed by atoms with Crippen LogP contribution in [0.4, 0.5) is 0 Å². The van der Waals surface area contributed by atoms with Crippen LogP contribution in [-0.2, 0) is 22.6 Å². The Hall–Kier alpha value is -2.75. The highest BCUT2D eigenvalue weighted by molar-refractivity contribution is 5.83. The van der Waals surface area contributed by atoms with E-state index >= 15 is 0 Å². The lowest BCUT2D eigenvalue weighted by Crippen LogP contribution is -2.06. The number of aromatic amines is 1. The first-order chi connectivity index (χ1) is 12.2. The Balaban J connectivity index is 1.49. The number of carbonyl (C=O) groups excluding carboxylic acids is 1. The Labute approximate surface area is 147 Å². The van der Waals surface area contributed by atoms with Crippen molar-refractivity contribution in [2.24, 2.45) is 0 Å². The number of methoxy groups -OCH3 is 1. The zero-order valence-corrected chi connectivity index (χ0v) is 14.7. The first-order valence-electron chi connectivity index (χ1n) is 8.51. The van der Waals surface area contributed by atoms with E-state index in [9.17, 15) is 4.79 Å². The van der Waals surface area contributed by atoms with Crippen molar-refractivity contribution >= 4 is 16.9 Å². The standard InChI is InChI=1S/C21H23NO3/c1-15-10-11-20(24-2)17(12-15)14-25-21(23)9-5-6-16-13-22-19-8-4-3-7-18(16)19/h3-4,7-8,10-13,22H,5-6,9,14H2,1-2H3. The van der Waals surface area contributed by atoms with Crippen LogP contribution >= 0.6 is 0 Å². The minimum Gasteiger partial charge on any atom is -0.496 e. The molecule has 0 aliphatic rings. The van der Waals surface area contributed by atoms with E-state index in [-0.39, 0.29) is 12.6 Å². The van der Waals surface area contributed by atoms with Crippen LogP contribution in [0.5, 0.6) is 5.75 Å². The maximum atomic E-state index is 12.0. The van der Waals surface area contributed by atoms with Crippen molar-refractivity contribution in [1.82, 2.24) is 4.98 Å². The van der Waals surface area contributed by atoms with Gasteiger partial charge in [-0.3, -0.25) is 4.79 Å². The van der Waals surface area contributed by atoms with Crippen LogP contribution in [-0.4, -0.2) is 18.1 Å². The zero-order chi connectivity index (χ0) is 17.6. The number of hydrogen-bond acceptors (Lipinski definition) is 3. The van der Waals surface area contributed by atoms with Crippen LogP contribution in [0, 0.1) is 6.92 Å². The molecule has 1 N–H and O–H groups in total. The Kier molecular flexibility index (Phi) is 5.39. The number of nitrogens with one attached hydrogen (secondary N) is 1. The van der Waals surface area contributed by atoms with Gasteiger partial charge in [0, 0.05) is 29.1 Å². The lowest BCUT2D eigenvalue weighted by atomic mass is 10.1. The van der Waals surface area contributed by atoms with E-state index in [1.54, 1.807) is 7.11 Å². The van der Waals surface area contributed by atoms with Crippen LogP contribution in [0.2, 0.25) is 0 Å². The molecule has 0 aliphatic heterocycles. The van der Waals surface area contributed by atoms with Crippen LogP contribution in [0.25, 0.3) is 10.9 Å². The lowest BCUT2D eigenvalue weighted by Gasteiger charge is -2.10. The second kappa shape index (κ2) is 7.88. The Bertz CT molecular complexity index is 866. The third-order valence-electron chi connectivity index (χ3n) is 4.33. The summed E-state index contributed by atoms with van der Waals surface area (Å²) >= 11 is 0. The fraction of sp³-hybridized carbons (Fsp3) is 0.286. The van der Waals surface area contributed by atoms with Gasteiger partial charge in [0.25, 0.3) is 0 Å². The molecule has 0 saturated heterocycles. The van der Waals surface area contributed by atoms with Crippen molar-refractivity contribution in [2.45, 2.75) is 32.8 Å². The van der Waals surface area contributed by atoms with E-state index in [4.69, 9.17) is 9.47 Å². The topological polar surface area (TPSA) is 51.3 Å². The highest BCUT2D eigenvalue weighted by Crippen LogP contribution is 2.21. The normalized spacial score (nSPS) is 10.8. The molecule has 4 nitrogen and oxygen atoms in total. The summed E-state index contributed by atoms with van der Waals surface area (Å²) in [7, 11) is 1.62. The van der Waals surface area contributed by atoms with E-state index in [0.717, 1.165) is 35.2 Å². The third-order valence-corrected chi connectivity index (χ3v) is 4.33. The molecule has 25 heavy (non-hydrogen) atoms. The van der Waals surface area contributed by atoms with E-state index in [2.05, 4.69) is 17.1 Å². The molecular weight excluding hydrogens is 314 g/mol. The maximum Gasteiger partial charge on any atom is 0.306 e. The van der Waals surface area contributed by atoms with E-state index < -0.39 is 0 Å². The molecule has 2 aromatic carbocycles. The highest BCUT2D eigenvalue weighted by Gasteiger charge is 2.09. The number of esters is 1. The van der Waals surface area contributed by atoms with Gasteiger partial charge in [-0.25, -0.2) is 0 Å². The quantitative estimate of drug-likeness (QED) is 0.643. The summed E-state index contributed by atoms with van der Waals surface area (Å²) in [5.41, 5.74) is 4.38. The fourth-order valence-electron chi connectivity index (χ4n) is 3.01. The van der Waals surface area contributed by atoms with Crippen LogP contribution in [0.3, 0.4) is 0 Å². The number of aromatic nitrogens is 1. The second-order valence-electron chi connectivity index (χ2n) is 6.19. The third kappa shape index (κ3) is 4.21. The summed E-state index contributed by atoms with van der Waals surface area (Å²) < 4.78 is 10.7. The molecular formula is C21H23NO3. The van der Waals surface area contributed by atoms with Gasteiger partial charge in [-0.1, -0.05) is 29.8 Å². The predicted molar refractivity (Wildman–Crippen MR) is 98.8 cm³/mol. The SMILES string of the molecule is COc1ccc(C)cc1COC(=O)CCCc1c[nH]c2ccccc12. The van der Waals surface area contributed by atoms with E-state index in [0.29, 0.717) is 6.42 Å². The Morgan fingerprint density at radius 3 is 2.80 bits per heavy atom. The van der Waals surface area contributed by atoms with Gasteiger partial charge in [-0.2, -0.15) is 0 Å². The van der Waals surface area contributed by atoms with Crippen molar-refractivity contribution in [3.63, 3.8) is 0 Å². The van der Waals surface area contributed by atoms with Gasteiger partial charge in [-0.15, -0.1) is 0 Å². The number of ether oxygens (including phenoxy) is 2. The largest absolute Gasteiger partial charge is 0.496 e. The van der Waals surface area contributed by atoms with Gasteiger partial charge < -0.3 is 14.5 Å². The van der Waals surface area contributed by atoms with Crippen molar-refractivity contribution in [2.75, 3.05) is 7.11 Å². The van der Waals surface area contributed by atoms with Gasteiger partial charge in [0.15, 0.2) is 0 Å². The number of para-hydroxylation sites is 1. The molecule has 1 heterocycles. The van der Waals surface area contributed by atoms with Crippen LogP contribution in [0.1, 0.15) is 29.5 Å². The Morgan fingerprint density at radius 1 is 1.12 bits per heavy atom. The van der Waals surface area contributed by atoms with Gasteiger partial charge in [0.2, 0.25) is 0 Å². The van der Waals surface area contributed by atoms with Gasteiger partial charge >= 0.3 is 5.97 Å². The average molecular weight is 337 g/mol. The highest BCUT2D eigenvalue weighted by atomic mass is 16.5. The summed E-state index contributed by atoms with van der Waals surface area (Å²) in [5, 5.41) is 1.22. The molecule has 0 saturated carbocycles. The molecule has 0 radical (unpaired) electrons. The Morgan fingerprint density at radius 2 is 1.96 bits per heavy atom. The van der Waals surface area contributed by atoms with E-state index in [1.807, 2.05) is 43.5 Å². The molecule has 0 fully saturated rings. The first kappa shape index (κ1) is 17.1. The number of H-pyrrole nitrogens is 1. The molecule has 3 rings (SSSR count). The number of benzene rings is 2. The second-order valence-corrected chi connectivity index (χ2v) is 6.19. The molecule has 3 aromatic rings. The molecule has 0 aliphatic carbocycles. The van der Waals surface area contributed by atoms with Gasteiger partial charge in [0.1, 0.15) is 12.4 Å². The maximum absolute atomic E-state index is 12.0. The first-order valence-corrected chi connectivity index (χ1v) is 8.51. The van der Waals surface area contributed by atoms with Gasteiger partial charge in [0.05, 0.1) is 7.11 Å². The summed E-state index contributed by atoms with van der Waals surface area (Å²) in [6, 6.07) is 14.1. The molecule has 0 atom stereocenters. The van der Waals surface area contributed by atoms with Gasteiger partial charge in [-0.05, 0) is 43.5 Å². The summed E-state index contributed by atoms with van der Waals surface area (Å²) in [6.45, 7) is 2.25. The van der Waals surface area contributed by atoms with Crippen molar-refractivity contribution in [1.29, 1.82) is 0 Å². The fourth-order valence-corrected chi connectivity index (χ4v) is 3.01. The molecule has 0 amide bonds. The smallest absolute Gasteiger partial charge is 0.306 e. The molecule has 4 heteroatoms. The minimum atomic E-state index is -0.177. The summed E-state index contributed by atoms with van der Waals surface area (Å²) in [4.78, 5) is 15.3. The van der Waals surface area contributed by atoms with E-state index in [1.165, 1.54) is 10.9 Å². The minimum absolute atomic E-state index is 0.177.